The Bertz CT molecular complexity index is 970. The van der Waals surface area contributed by atoms with Gasteiger partial charge < -0.3 is 9.84 Å². The van der Waals surface area contributed by atoms with E-state index < -0.39 is 18.1 Å². The maximum Gasteiger partial charge on any atom is 0.410 e. The SMILES string of the molecule is O=C1CC[C@H]2[C@@H]1CN(C(=O)OCC1c3ccccc3-c3ccccc31)[C@@H]2C(=O)O. The first-order valence-electron chi connectivity index (χ1n) is 9.93. The average Bonchev–Trinajstić information content (AvgIpc) is 3.37. The third-order valence-electron chi connectivity index (χ3n) is 6.61. The minimum Gasteiger partial charge on any atom is -0.480 e. The number of ether oxygens (including phenoxy) is 1. The van der Waals surface area contributed by atoms with Crippen molar-refractivity contribution in [2.75, 3.05) is 13.2 Å². The molecule has 0 unspecified atom stereocenters. The lowest BCUT2D eigenvalue weighted by atomic mass is 9.94. The molecule has 1 heterocycles. The molecular weight excluding hydrogens is 370 g/mol. The standard InChI is InChI=1S/C23H21NO5/c25-20-10-9-17-18(20)11-24(21(17)22(26)27)23(28)29-12-19-15-7-3-1-5-13(15)14-6-2-4-8-16(14)19/h1-8,17-19,21H,9-12H2,(H,26,27)/t17-,18-,21-/m0/s1. The molecule has 1 N–H and O–H groups in total. The van der Waals surface area contributed by atoms with E-state index in [1.807, 2.05) is 36.4 Å². The Morgan fingerprint density at radius 2 is 1.66 bits per heavy atom. The zero-order valence-electron chi connectivity index (χ0n) is 15.8. The topological polar surface area (TPSA) is 83.9 Å². The van der Waals surface area contributed by atoms with Crippen LogP contribution in [0.25, 0.3) is 11.1 Å². The second-order valence-corrected chi connectivity index (χ2v) is 8.01. The van der Waals surface area contributed by atoms with Crippen LogP contribution in [0.4, 0.5) is 4.79 Å². The number of hydrogen-bond donors (Lipinski definition) is 1. The van der Waals surface area contributed by atoms with Crippen molar-refractivity contribution in [1.82, 2.24) is 4.90 Å². The van der Waals surface area contributed by atoms with Crippen LogP contribution < -0.4 is 0 Å². The van der Waals surface area contributed by atoms with Gasteiger partial charge in [0.1, 0.15) is 18.4 Å². The number of hydrogen-bond acceptors (Lipinski definition) is 4. The van der Waals surface area contributed by atoms with Crippen molar-refractivity contribution >= 4 is 17.8 Å². The Balaban J connectivity index is 1.36. The molecule has 6 heteroatoms. The van der Waals surface area contributed by atoms with Crippen LogP contribution in [0.2, 0.25) is 0 Å². The molecule has 1 aliphatic heterocycles. The van der Waals surface area contributed by atoms with Gasteiger partial charge in [-0.25, -0.2) is 9.59 Å². The van der Waals surface area contributed by atoms with Crippen molar-refractivity contribution in [3.8, 4) is 11.1 Å². The quantitative estimate of drug-likeness (QED) is 0.868. The second-order valence-electron chi connectivity index (χ2n) is 8.01. The first-order valence-corrected chi connectivity index (χ1v) is 9.93. The number of rotatable bonds is 3. The fourth-order valence-electron chi connectivity index (χ4n) is 5.29. The fraction of sp³-hybridized carbons (Fsp3) is 0.348. The van der Waals surface area contributed by atoms with Crippen LogP contribution in [0.1, 0.15) is 29.9 Å². The molecule has 0 bridgehead atoms. The van der Waals surface area contributed by atoms with E-state index in [9.17, 15) is 19.5 Å². The number of nitrogens with zero attached hydrogens (tertiary/aromatic N) is 1. The lowest BCUT2D eigenvalue weighted by molar-refractivity contribution is -0.143. The zero-order chi connectivity index (χ0) is 20.1. The zero-order valence-corrected chi connectivity index (χ0v) is 15.8. The summed E-state index contributed by atoms with van der Waals surface area (Å²) in [5.41, 5.74) is 4.47. The Morgan fingerprint density at radius 3 is 2.28 bits per heavy atom. The highest BCUT2D eigenvalue weighted by Gasteiger charge is 2.53. The molecule has 148 valence electrons. The van der Waals surface area contributed by atoms with Gasteiger partial charge in [0.25, 0.3) is 0 Å². The third-order valence-corrected chi connectivity index (χ3v) is 6.61. The predicted molar refractivity (Wildman–Crippen MR) is 104 cm³/mol. The van der Waals surface area contributed by atoms with Crippen molar-refractivity contribution in [2.45, 2.75) is 24.8 Å². The van der Waals surface area contributed by atoms with E-state index in [0.717, 1.165) is 22.3 Å². The first-order chi connectivity index (χ1) is 14.1. The Kier molecular flexibility index (Phi) is 4.15. The van der Waals surface area contributed by atoms with E-state index in [4.69, 9.17) is 4.74 Å². The van der Waals surface area contributed by atoms with Gasteiger partial charge in [0.05, 0.1) is 0 Å². The van der Waals surface area contributed by atoms with Crippen LogP contribution in [-0.2, 0) is 14.3 Å². The van der Waals surface area contributed by atoms with E-state index in [0.29, 0.717) is 12.8 Å². The summed E-state index contributed by atoms with van der Waals surface area (Å²) >= 11 is 0. The number of carbonyl (C=O) groups is 3. The number of likely N-dealkylation sites (tertiary alicyclic amines) is 1. The summed E-state index contributed by atoms with van der Waals surface area (Å²) in [7, 11) is 0. The van der Waals surface area contributed by atoms with Gasteiger partial charge in [-0.2, -0.15) is 0 Å². The molecule has 2 aromatic carbocycles. The van der Waals surface area contributed by atoms with Gasteiger partial charge in [0, 0.05) is 30.7 Å². The molecule has 1 amide bonds. The van der Waals surface area contributed by atoms with Crippen molar-refractivity contribution in [2.24, 2.45) is 11.8 Å². The number of amides is 1. The van der Waals surface area contributed by atoms with Gasteiger partial charge in [-0.05, 0) is 28.7 Å². The largest absolute Gasteiger partial charge is 0.480 e. The number of carboxylic acids is 1. The number of Topliss-reactive ketones (excluding diaryl/α,β-unsaturated/α-hetero) is 1. The summed E-state index contributed by atoms with van der Waals surface area (Å²) in [6.07, 6.45) is 0.270. The maximum atomic E-state index is 12.8. The van der Waals surface area contributed by atoms with Crippen LogP contribution in [0.3, 0.4) is 0 Å². The van der Waals surface area contributed by atoms with Crippen LogP contribution in [0, 0.1) is 11.8 Å². The first kappa shape index (κ1) is 17.9. The molecule has 0 radical (unpaired) electrons. The Labute approximate surface area is 168 Å². The molecule has 3 aliphatic rings. The Hall–Kier alpha value is -3.15. The van der Waals surface area contributed by atoms with Gasteiger partial charge >= 0.3 is 12.1 Å². The summed E-state index contributed by atoms with van der Waals surface area (Å²) < 4.78 is 5.62. The minimum absolute atomic E-state index is 0.0511. The molecule has 2 fully saturated rings. The number of ketones is 1. The van der Waals surface area contributed by atoms with Gasteiger partial charge in [0.15, 0.2) is 0 Å². The molecule has 2 aromatic rings. The summed E-state index contributed by atoms with van der Waals surface area (Å²) in [5, 5.41) is 9.65. The van der Waals surface area contributed by atoms with Crippen LogP contribution in [0.15, 0.2) is 48.5 Å². The molecule has 2 aliphatic carbocycles. The molecule has 1 saturated carbocycles. The maximum absolute atomic E-state index is 12.8. The minimum atomic E-state index is -1.07. The summed E-state index contributed by atoms with van der Waals surface area (Å²) in [6.45, 7) is 0.274. The highest BCUT2D eigenvalue weighted by molar-refractivity contribution is 5.89. The highest BCUT2D eigenvalue weighted by Crippen LogP contribution is 2.45. The number of carboxylic acid groups (broad SMARTS) is 1. The van der Waals surface area contributed by atoms with Crippen molar-refractivity contribution < 1.29 is 24.2 Å². The fourth-order valence-corrected chi connectivity index (χ4v) is 5.29. The van der Waals surface area contributed by atoms with Crippen LogP contribution in [-0.4, -0.2) is 47.0 Å². The van der Waals surface area contributed by atoms with E-state index >= 15 is 0 Å². The van der Waals surface area contributed by atoms with Crippen molar-refractivity contribution in [3.05, 3.63) is 59.7 Å². The molecular formula is C23H21NO5. The summed E-state index contributed by atoms with van der Waals surface area (Å²) in [4.78, 5) is 37.9. The van der Waals surface area contributed by atoms with Crippen LogP contribution in [0.5, 0.6) is 0 Å². The Morgan fingerprint density at radius 1 is 1.03 bits per heavy atom. The second kappa shape index (κ2) is 6.72. The van der Waals surface area contributed by atoms with Gasteiger partial charge in [-0.1, -0.05) is 48.5 Å². The van der Waals surface area contributed by atoms with Gasteiger partial charge in [0.2, 0.25) is 0 Å². The van der Waals surface area contributed by atoms with Gasteiger partial charge in [-0.15, -0.1) is 0 Å². The molecule has 29 heavy (non-hydrogen) atoms. The van der Waals surface area contributed by atoms with E-state index in [2.05, 4.69) is 12.1 Å². The monoisotopic (exact) mass is 391 g/mol. The summed E-state index contributed by atoms with van der Waals surface area (Å²) in [5.74, 6) is -1.79. The molecule has 3 atom stereocenters. The molecule has 6 nitrogen and oxygen atoms in total. The van der Waals surface area contributed by atoms with E-state index in [-0.39, 0.29) is 36.7 Å². The number of aliphatic carboxylic acids is 1. The highest BCUT2D eigenvalue weighted by atomic mass is 16.6. The molecule has 0 spiro atoms. The summed E-state index contributed by atoms with van der Waals surface area (Å²) in [6, 6.07) is 15.1. The van der Waals surface area contributed by atoms with E-state index in [1.165, 1.54) is 4.90 Å². The number of carbonyl (C=O) groups excluding carboxylic acids is 2. The smallest absolute Gasteiger partial charge is 0.410 e. The predicted octanol–water partition coefficient (Wildman–Crippen LogP) is 3.30. The third kappa shape index (κ3) is 2.74. The van der Waals surface area contributed by atoms with Gasteiger partial charge in [-0.3, -0.25) is 9.69 Å². The number of benzene rings is 2. The van der Waals surface area contributed by atoms with E-state index in [1.54, 1.807) is 0 Å². The lowest BCUT2D eigenvalue weighted by Crippen LogP contribution is -2.43. The van der Waals surface area contributed by atoms with Crippen molar-refractivity contribution in [3.63, 3.8) is 0 Å². The molecule has 5 rings (SSSR count). The number of fused-ring (bicyclic) bond motifs is 4. The van der Waals surface area contributed by atoms with Crippen molar-refractivity contribution in [1.29, 1.82) is 0 Å². The molecule has 0 aromatic heterocycles. The van der Waals surface area contributed by atoms with Crippen LogP contribution >= 0.6 is 0 Å². The normalized spacial score (nSPS) is 24.9. The average molecular weight is 391 g/mol. The molecule has 1 saturated heterocycles. The lowest BCUT2D eigenvalue weighted by Gasteiger charge is -2.24.